The molecule has 0 spiro atoms. The molecule has 0 aliphatic heterocycles. The molecule has 0 aliphatic carbocycles. The van der Waals surface area contributed by atoms with Crippen LogP contribution in [0.4, 0.5) is 0 Å². The van der Waals surface area contributed by atoms with Crippen LogP contribution in [-0.2, 0) is 4.74 Å². The van der Waals surface area contributed by atoms with Gasteiger partial charge in [-0.05, 0) is 12.1 Å². The molecule has 1 rings (SSSR count). The minimum atomic E-state index is 0.323. The van der Waals surface area contributed by atoms with Gasteiger partial charge < -0.3 is 14.0 Å². The standard InChI is InChI=1S/C12H20NO2/c1-13(2,3)9-10-14-11-15-12-7-5-4-6-8-12/h4-8H,9-11H2,1-3H3/q+1. The summed E-state index contributed by atoms with van der Waals surface area (Å²) in [6.07, 6.45) is 0. The van der Waals surface area contributed by atoms with Crippen LogP contribution >= 0.6 is 0 Å². The van der Waals surface area contributed by atoms with Crippen LogP contribution in [0.25, 0.3) is 0 Å². The fourth-order valence-electron chi connectivity index (χ4n) is 1.02. The second kappa shape index (κ2) is 5.73. The van der Waals surface area contributed by atoms with Gasteiger partial charge >= 0.3 is 0 Å². The molecule has 0 heterocycles. The van der Waals surface area contributed by atoms with Crippen LogP contribution in [0.2, 0.25) is 0 Å². The van der Waals surface area contributed by atoms with Crippen LogP contribution < -0.4 is 4.74 Å². The van der Waals surface area contributed by atoms with Crippen molar-refractivity contribution in [3.8, 4) is 5.75 Å². The summed E-state index contributed by atoms with van der Waals surface area (Å²) in [6.45, 7) is 2.03. The van der Waals surface area contributed by atoms with Gasteiger partial charge in [-0.15, -0.1) is 0 Å². The summed E-state index contributed by atoms with van der Waals surface area (Å²) in [7, 11) is 6.42. The van der Waals surface area contributed by atoms with Crippen molar-refractivity contribution in [3.63, 3.8) is 0 Å². The van der Waals surface area contributed by atoms with Crippen molar-refractivity contribution in [2.45, 2.75) is 0 Å². The molecule has 84 valence electrons. The van der Waals surface area contributed by atoms with Crippen LogP contribution in [-0.4, -0.2) is 45.6 Å². The Morgan fingerprint density at radius 1 is 1.07 bits per heavy atom. The summed E-state index contributed by atoms with van der Waals surface area (Å²) in [5.41, 5.74) is 0. The zero-order valence-corrected chi connectivity index (χ0v) is 9.77. The lowest BCUT2D eigenvalue weighted by atomic mass is 10.3. The van der Waals surface area contributed by atoms with E-state index in [4.69, 9.17) is 9.47 Å². The lowest BCUT2D eigenvalue weighted by Crippen LogP contribution is -2.37. The van der Waals surface area contributed by atoms with Crippen molar-refractivity contribution in [1.29, 1.82) is 0 Å². The van der Waals surface area contributed by atoms with Gasteiger partial charge in [-0.3, -0.25) is 0 Å². The van der Waals surface area contributed by atoms with Gasteiger partial charge in [0.2, 0.25) is 0 Å². The lowest BCUT2D eigenvalue weighted by Gasteiger charge is -2.23. The molecule has 0 aliphatic rings. The zero-order valence-electron chi connectivity index (χ0n) is 9.77. The first-order chi connectivity index (χ1) is 7.08. The molecule has 3 heteroatoms. The Bertz CT molecular complexity index is 267. The third-order valence-electron chi connectivity index (χ3n) is 1.96. The third-order valence-corrected chi connectivity index (χ3v) is 1.96. The average Bonchev–Trinajstić information content (AvgIpc) is 2.17. The van der Waals surface area contributed by atoms with Gasteiger partial charge in [0.25, 0.3) is 0 Å². The first-order valence-corrected chi connectivity index (χ1v) is 5.14. The van der Waals surface area contributed by atoms with E-state index in [1.54, 1.807) is 0 Å². The van der Waals surface area contributed by atoms with Crippen molar-refractivity contribution in [3.05, 3.63) is 30.3 Å². The molecule has 0 amide bonds. The maximum atomic E-state index is 5.39. The average molecular weight is 210 g/mol. The molecule has 0 saturated heterocycles. The maximum Gasteiger partial charge on any atom is 0.189 e. The van der Waals surface area contributed by atoms with Gasteiger partial charge in [-0.1, -0.05) is 18.2 Å². The first-order valence-electron chi connectivity index (χ1n) is 5.14. The number of benzene rings is 1. The van der Waals surface area contributed by atoms with Gasteiger partial charge in [0.1, 0.15) is 12.3 Å². The van der Waals surface area contributed by atoms with Crippen molar-refractivity contribution in [2.24, 2.45) is 0 Å². The number of likely N-dealkylation sites (N-methyl/N-ethyl adjacent to an activating group) is 1. The minimum Gasteiger partial charge on any atom is -0.468 e. The van der Waals surface area contributed by atoms with Crippen LogP contribution in [0.5, 0.6) is 5.75 Å². The summed E-state index contributed by atoms with van der Waals surface area (Å²) >= 11 is 0. The van der Waals surface area contributed by atoms with E-state index in [-0.39, 0.29) is 0 Å². The molecule has 0 N–H and O–H groups in total. The molecular formula is C12H20NO2+. The monoisotopic (exact) mass is 210 g/mol. The van der Waals surface area contributed by atoms with E-state index in [1.165, 1.54) is 0 Å². The number of para-hydroxylation sites is 1. The topological polar surface area (TPSA) is 18.5 Å². The largest absolute Gasteiger partial charge is 0.468 e. The Morgan fingerprint density at radius 3 is 2.33 bits per heavy atom. The van der Waals surface area contributed by atoms with Crippen LogP contribution in [0.15, 0.2) is 30.3 Å². The Hall–Kier alpha value is -1.06. The molecule has 1 aromatic carbocycles. The molecule has 0 radical (unpaired) electrons. The van der Waals surface area contributed by atoms with Gasteiger partial charge in [0.15, 0.2) is 6.79 Å². The Kier molecular flexibility index (Phi) is 4.59. The van der Waals surface area contributed by atoms with E-state index >= 15 is 0 Å². The Balaban J connectivity index is 2.08. The molecule has 0 saturated carbocycles. The summed E-state index contributed by atoms with van der Waals surface area (Å²) in [4.78, 5) is 0. The van der Waals surface area contributed by atoms with E-state index in [2.05, 4.69) is 21.1 Å². The fourth-order valence-corrected chi connectivity index (χ4v) is 1.02. The van der Waals surface area contributed by atoms with Crippen LogP contribution in [0.1, 0.15) is 0 Å². The van der Waals surface area contributed by atoms with Crippen molar-refractivity contribution in [2.75, 3.05) is 41.1 Å². The third kappa shape index (κ3) is 6.10. The molecule has 15 heavy (non-hydrogen) atoms. The van der Waals surface area contributed by atoms with Crippen LogP contribution in [0.3, 0.4) is 0 Å². The second-order valence-corrected chi connectivity index (χ2v) is 4.50. The van der Waals surface area contributed by atoms with Crippen molar-refractivity contribution < 1.29 is 14.0 Å². The van der Waals surface area contributed by atoms with Gasteiger partial charge in [-0.2, -0.15) is 0 Å². The first kappa shape index (κ1) is 12.0. The number of rotatable bonds is 6. The van der Waals surface area contributed by atoms with Crippen molar-refractivity contribution >= 4 is 0 Å². The number of hydrogen-bond acceptors (Lipinski definition) is 2. The molecule has 0 bridgehead atoms. The summed E-state index contributed by atoms with van der Waals surface area (Å²) in [5, 5.41) is 0. The highest BCUT2D eigenvalue weighted by molar-refractivity contribution is 5.20. The minimum absolute atomic E-state index is 0.323. The summed E-state index contributed by atoms with van der Waals surface area (Å²) < 4.78 is 11.7. The number of ether oxygens (including phenoxy) is 2. The molecule has 3 nitrogen and oxygen atoms in total. The predicted octanol–water partition coefficient (Wildman–Crippen LogP) is 1.75. The van der Waals surface area contributed by atoms with E-state index < -0.39 is 0 Å². The molecule has 1 aromatic rings. The Morgan fingerprint density at radius 2 is 1.73 bits per heavy atom. The molecule has 0 fully saturated rings. The summed E-state index contributed by atoms with van der Waals surface area (Å²) in [5.74, 6) is 0.850. The van der Waals surface area contributed by atoms with Gasteiger partial charge in [0.05, 0.1) is 27.7 Å². The SMILES string of the molecule is C[N+](C)(C)CCOCOc1ccccc1. The predicted molar refractivity (Wildman–Crippen MR) is 60.8 cm³/mol. The highest BCUT2D eigenvalue weighted by Gasteiger charge is 2.05. The number of quaternary nitrogens is 1. The number of hydrogen-bond donors (Lipinski definition) is 0. The number of nitrogens with zero attached hydrogens (tertiary/aromatic N) is 1. The van der Waals surface area contributed by atoms with Gasteiger partial charge in [0, 0.05) is 0 Å². The second-order valence-electron chi connectivity index (χ2n) is 4.50. The summed E-state index contributed by atoms with van der Waals surface area (Å²) in [6, 6.07) is 9.69. The zero-order chi connectivity index (χ0) is 11.1. The van der Waals surface area contributed by atoms with Gasteiger partial charge in [-0.25, -0.2) is 0 Å². The van der Waals surface area contributed by atoms with E-state index in [0.29, 0.717) is 6.79 Å². The van der Waals surface area contributed by atoms with E-state index in [9.17, 15) is 0 Å². The highest BCUT2D eigenvalue weighted by Crippen LogP contribution is 2.07. The smallest absolute Gasteiger partial charge is 0.189 e. The molecule has 0 aromatic heterocycles. The van der Waals surface area contributed by atoms with Crippen LogP contribution in [0, 0.1) is 0 Å². The molecule has 0 atom stereocenters. The fraction of sp³-hybridized carbons (Fsp3) is 0.500. The normalized spacial score (nSPS) is 11.4. The van der Waals surface area contributed by atoms with E-state index in [1.807, 2.05) is 30.3 Å². The highest BCUT2D eigenvalue weighted by atomic mass is 16.7. The van der Waals surface area contributed by atoms with E-state index in [0.717, 1.165) is 23.4 Å². The molecular weight excluding hydrogens is 190 g/mol. The van der Waals surface area contributed by atoms with Crippen molar-refractivity contribution in [1.82, 2.24) is 0 Å². The quantitative estimate of drug-likeness (QED) is 0.404. The Labute approximate surface area is 91.8 Å². The lowest BCUT2D eigenvalue weighted by molar-refractivity contribution is -0.870. The molecule has 0 unspecified atom stereocenters. The maximum absolute atomic E-state index is 5.39.